The lowest BCUT2D eigenvalue weighted by Crippen LogP contribution is -2.17. The molecule has 5 N–H and O–H groups in total. The molecule has 73 heavy (non-hydrogen) atoms. The molecule has 11 rings (SSSR count). The van der Waals surface area contributed by atoms with Crippen molar-refractivity contribution in [3.05, 3.63) is 174 Å². The molecule has 4 aromatic heterocycles. The summed E-state index contributed by atoms with van der Waals surface area (Å²) in [6, 6.07) is 15.8. The van der Waals surface area contributed by atoms with Crippen LogP contribution in [0, 0.1) is 58.3 Å². The van der Waals surface area contributed by atoms with Gasteiger partial charge in [0.2, 0.25) is 5.95 Å². The van der Waals surface area contributed by atoms with Crippen molar-refractivity contribution in [3.63, 3.8) is 0 Å². The van der Waals surface area contributed by atoms with Gasteiger partial charge >= 0.3 is 0 Å². The second kappa shape index (κ2) is 23.3. The zero-order valence-electron chi connectivity index (χ0n) is 45.3. The Morgan fingerprint density at radius 2 is 1.12 bits per heavy atom. The number of nitrogen functional groups attached to an aromatic ring is 2. The van der Waals surface area contributed by atoms with Gasteiger partial charge in [0.05, 0.1) is 22.6 Å². The quantitative estimate of drug-likeness (QED) is 0.154. The molecule has 0 radical (unpaired) electrons. The third-order valence-corrected chi connectivity index (χ3v) is 14.4. The number of hydrogen-bond donors (Lipinski definition) is 3. The Morgan fingerprint density at radius 3 is 1.75 bits per heavy atom. The minimum atomic E-state index is -0.146. The fraction of sp³-hybridized carbons (Fsp3) is 0.397. The van der Waals surface area contributed by atoms with Crippen LogP contribution in [0.25, 0.3) is 40.7 Å². The maximum absolute atomic E-state index is 11.5. The predicted molar refractivity (Wildman–Crippen MR) is 310 cm³/mol. The first kappa shape index (κ1) is 55.4. The molecule has 7 aromatic rings. The Morgan fingerprint density at radius 1 is 0.575 bits per heavy atom. The minimum absolute atomic E-state index is 0. The van der Waals surface area contributed by atoms with Gasteiger partial charge in [-0.25, -0.2) is 24.9 Å². The van der Waals surface area contributed by atoms with E-state index in [1.54, 1.807) is 0 Å². The summed E-state index contributed by atoms with van der Waals surface area (Å²) in [5, 5.41) is 2.82. The summed E-state index contributed by atoms with van der Waals surface area (Å²) in [7, 11) is 0. The lowest BCUT2D eigenvalue weighted by molar-refractivity contribution is 0.570. The van der Waals surface area contributed by atoms with Crippen LogP contribution >= 0.6 is 0 Å². The van der Waals surface area contributed by atoms with Gasteiger partial charge in [0, 0.05) is 47.2 Å². The molecule has 3 aromatic carbocycles. The smallest absolute Gasteiger partial charge is 0.259 e. The third kappa shape index (κ3) is 12.0. The van der Waals surface area contributed by atoms with Gasteiger partial charge in [0.15, 0.2) is 0 Å². The van der Waals surface area contributed by atoms with Crippen LogP contribution in [-0.4, -0.2) is 34.3 Å². The van der Waals surface area contributed by atoms with Crippen LogP contribution in [0.15, 0.2) is 90.3 Å². The van der Waals surface area contributed by atoms with Crippen molar-refractivity contribution in [1.29, 1.82) is 0 Å². The van der Waals surface area contributed by atoms with E-state index in [2.05, 4.69) is 195 Å². The minimum Gasteiger partial charge on any atom is -0.383 e. The van der Waals surface area contributed by atoms with Crippen molar-refractivity contribution in [2.45, 2.75) is 141 Å². The summed E-state index contributed by atoms with van der Waals surface area (Å²) in [5.41, 5.74) is 28.0. The SMILES string of the molecule is C.CC(C)C1C=Cc2c(N)ncnc21.CC(C)C1C=Cc2c1nc(N)[nH]c2=O.Cc1cc(C)c2c(c1)C(C(C)C)C=C2.Cc1cc(C)c2cccc(C(C)C)c2c1.Cc1nc2c(c3nccn13)C=CC2C(C)C. The van der Waals surface area contributed by atoms with Crippen LogP contribution < -0.4 is 17.0 Å². The highest BCUT2D eigenvalue weighted by Gasteiger charge is 2.27. The Bertz CT molecular complexity index is 3270. The number of benzene rings is 3. The molecule has 0 spiro atoms. The predicted octanol–water partition coefficient (Wildman–Crippen LogP) is 15.0. The largest absolute Gasteiger partial charge is 0.383 e. The second-order valence-corrected chi connectivity index (χ2v) is 21.7. The summed E-state index contributed by atoms with van der Waals surface area (Å²) in [4.78, 5) is 35.5. The molecular weight excluding hydrogens is 899 g/mol. The van der Waals surface area contributed by atoms with Gasteiger partial charge in [-0.05, 0) is 103 Å². The molecule has 4 atom stereocenters. The van der Waals surface area contributed by atoms with Crippen molar-refractivity contribution in [3.8, 4) is 0 Å². The molecule has 4 aliphatic carbocycles. The zero-order chi connectivity index (χ0) is 52.3. The number of H-pyrrole nitrogens is 1. The number of rotatable bonds is 5. The summed E-state index contributed by atoms with van der Waals surface area (Å²) in [6.07, 6.45) is 22.4. The molecule has 0 saturated carbocycles. The third-order valence-electron chi connectivity index (χ3n) is 14.4. The molecule has 0 bridgehead atoms. The first-order chi connectivity index (χ1) is 34.2. The first-order valence-corrected chi connectivity index (χ1v) is 25.8. The lowest BCUT2D eigenvalue weighted by atomic mass is 9.88. The second-order valence-electron chi connectivity index (χ2n) is 21.7. The zero-order valence-corrected chi connectivity index (χ0v) is 45.3. The molecular formula is C63H81N9O. The van der Waals surface area contributed by atoms with E-state index in [0.717, 1.165) is 28.4 Å². The highest BCUT2D eigenvalue weighted by atomic mass is 16.1. The Labute approximate surface area is 435 Å². The molecule has 4 unspecified atom stereocenters. The van der Waals surface area contributed by atoms with Crippen LogP contribution in [0.5, 0.6) is 0 Å². The van der Waals surface area contributed by atoms with Gasteiger partial charge in [-0.1, -0.05) is 179 Å². The van der Waals surface area contributed by atoms with Crippen LogP contribution in [0.4, 0.5) is 11.8 Å². The molecule has 10 nitrogen and oxygen atoms in total. The summed E-state index contributed by atoms with van der Waals surface area (Å²) < 4.78 is 2.05. The molecule has 0 saturated heterocycles. The fourth-order valence-electron chi connectivity index (χ4n) is 10.5. The van der Waals surface area contributed by atoms with E-state index in [-0.39, 0.29) is 24.9 Å². The van der Waals surface area contributed by atoms with E-state index in [9.17, 15) is 4.79 Å². The van der Waals surface area contributed by atoms with Crippen molar-refractivity contribution in [2.75, 3.05) is 11.5 Å². The highest BCUT2D eigenvalue weighted by Crippen LogP contribution is 2.39. The number of aromatic nitrogens is 7. The van der Waals surface area contributed by atoms with Crippen LogP contribution in [0.2, 0.25) is 0 Å². The first-order valence-electron chi connectivity index (χ1n) is 25.8. The number of nitrogens with one attached hydrogen (secondary N) is 1. The standard InChI is InChI=1S/C15H18.C14H18.C13H15N3.C10H13N3O.C10H13N3.CH4/c1-10(2)13-6-5-7-14-12(4)8-11(3)9-15(13)14;1-9(2)12-5-6-13-11(4)7-10(3)8-14(12)13;1-8(2)10-4-5-11-12(10)15-9(3)16-7-6-14-13(11)16;1-5(2)6-3-4-7-8(6)12-10(11)13-9(7)14;1-6(2)7-3-4-8-9(7)12-5-13-10(8)11;/h5-10H,1-4H3;5-9,12H,1-4H3;4-8,10H,1-3H3;3-6H,1-2H3,(H3,11,12,13,14);3-7H,1-2H3,(H2,11,12,13);1H4. The Hall–Kier alpha value is -6.94. The number of hydrogen-bond acceptors (Lipinski definition) is 8. The highest BCUT2D eigenvalue weighted by molar-refractivity contribution is 5.89. The number of anilines is 2. The van der Waals surface area contributed by atoms with E-state index in [4.69, 9.17) is 16.5 Å². The van der Waals surface area contributed by atoms with Crippen LogP contribution in [0.1, 0.15) is 185 Å². The van der Waals surface area contributed by atoms with E-state index < -0.39 is 0 Å². The number of fused-ring (bicyclic) bond motifs is 7. The summed E-state index contributed by atoms with van der Waals surface area (Å²) in [5.74, 6) is 6.36. The van der Waals surface area contributed by atoms with Gasteiger partial charge < -0.3 is 11.5 Å². The van der Waals surface area contributed by atoms with E-state index in [0.29, 0.717) is 58.7 Å². The van der Waals surface area contributed by atoms with Crippen molar-refractivity contribution in [1.82, 2.24) is 34.3 Å². The number of aryl methyl sites for hydroxylation is 5. The topological polar surface area (TPSA) is 154 Å². The molecule has 0 amide bonds. The van der Waals surface area contributed by atoms with Crippen molar-refractivity contribution < 1.29 is 0 Å². The lowest BCUT2D eigenvalue weighted by Gasteiger charge is -2.16. The fourth-order valence-corrected chi connectivity index (χ4v) is 10.5. The Kier molecular flexibility index (Phi) is 17.7. The van der Waals surface area contributed by atoms with Crippen molar-refractivity contribution >= 4 is 52.5 Å². The number of allylic oxidation sites excluding steroid dienone is 4. The van der Waals surface area contributed by atoms with E-state index >= 15 is 0 Å². The average molecular weight is 980 g/mol. The molecule has 0 aliphatic heterocycles. The van der Waals surface area contributed by atoms with Crippen molar-refractivity contribution in [2.24, 2.45) is 23.7 Å². The van der Waals surface area contributed by atoms with Gasteiger partial charge in [0.25, 0.3) is 5.56 Å². The van der Waals surface area contributed by atoms with Gasteiger partial charge in [0.1, 0.15) is 23.6 Å². The summed E-state index contributed by atoms with van der Waals surface area (Å²) >= 11 is 0. The molecule has 10 heteroatoms. The van der Waals surface area contributed by atoms with Gasteiger partial charge in [-0.15, -0.1) is 0 Å². The Balaban J connectivity index is 0.000000149. The van der Waals surface area contributed by atoms with Crippen LogP contribution in [-0.2, 0) is 0 Å². The molecule has 384 valence electrons. The van der Waals surface area contributed by atoms with Gasteiger partial charge in [-0.2, -0.15) is 0 Å². The monoisotopic (exact) mass is 980 g/mol. The number of nitrogens with zero attached hydrogens (tertiary/aromatic N) is 6. The molecule has 4 heterocycles. The number of imidazole rings is 1. The maximum atomic E-state index is 11.5. The van der Waals surface area contributed by atoms with Crippen LogP contribution in [0.3, 0.4) is 0 Å². The molecule has 4 aliphatic rings. The number of aromatic amines is 1. The van der Waals surface area contributed by atoms with E-state index in [1.165, 1.54) is 67.3 Å². The summed E-state index contributed by atoms with van der Waals surface area (Å²) in [6.45, 7) is 32.9. The molecule has 0 fully saturated rings. The van der Waals surface area contributed by atoms with E-state index in [1.807, 2.05) is 41.9 Å². The average Bonchev–Trinajstić information content (AvgIpc) is 4.16. The van der Waals surface area contributed by atoms with Gasteiger partial charge in [-0.3, -0.25) is 14.2 Å². The normalized spacial score (nSPS) is 17.2. The number of nitrogens with two attached hydrogens (primary N) is 2. The maximum Gasteiger partial charge on any atom is 0.259 e.